The summed E-state index contributed by atoms with van der Waals surface area (Å²) in [6, 6.07) is 7.73. The minimum Gasteiger partial charge on any atom is -0.494 e. The highest BCUT2D eigenvalue weighted by Gasteiger charge is 2.09. The zero-order valence-corrected chi connectivity index (χ0v) is 14.7. The molecule has 1 aliphatic heterocycles. The van der Waals surface area contributed by atoms with Gasteiger partial charge < -0.3 is 18.9 Å². The predicted molar refractivity (Wildman–Crippen MR) is 93.0 cm³/mol. The number of benzene rings is 1. The van der Waals surface area contributed by atoms with E-state index in [0.717, 1.165) is 64.0 Å². The molecular weight excluding hydrogens is 318 g/mol. The van der Waals surface area contributed by atoms with Gasteiger partial charge in [-0.3, -0.25) is 4.90 Å². The zero-order valence-electron chi connectivity index (χ0n) is 13.9. The molecule has 0 aliphatic carbocycles. The SMILES string of the molecule is CCCOc1ccc(OCCOCCN2CCOCC2)cc1.Cl. The van der Waals surface area contributed by atoms with Crippen molar-refractivity contribution in [2.75, 3.05) is 59.3 Å². The predicted octanol–water partition coefficient (Wildman–Crippen LogP) is 2.62. The fourth-order valence-corrected chi connectivity index (χ4v) is 2.19. The van der Waals surface area contributed by atoms with Crippen LogP contribution in [0.5, 0.6) is 11.5 Å². The first kappa shape index (κ1) is 20.0. The summed E-state index contributed by atoms with van der Waals surface area (Å²) >= 11 is 0. The Morgan fingerprint density at radius 2 is 1.52 bits per heavy atom. The van der Waals surface area contributed by atoms with Gasteiger partial charge >= 0.3 is 0 Å². The van der Waals surface area contributed by atoms with E-state index in [4.69, 9.17) is 18.9 Å². The normalized spacial score (nSPS) is 15.0. The molecule has 0 aromatic heterocycles. The number of hydrogen-bond donors (Lipinski definition) is 0. The summed E-state index contributed by atoms with van der Waals surface area (Å²) in [7, 11) is 0. The highest BCUT2D eigenvalue weighted by Crippen LogP contribution is 2.17. The van der Waals surface area contributed by atoms with Gasteiger partial charge in [0.1, 0.15) is 18.1 Å². The Morgan fingerprint density at radius 1 is 0.913 bits per heavy atom. The molecule has 1 fully saturated rings. The van der Waals surface area contributed by atoms with Crippen LogP contribution in [0.15, 0.2) is 24.3 Å². The molecule has 0 amide bonds. The third-order valence-corrected chi connectivity index (χ3v) is 3.45. The van der Waals surface area contributed by atoms with Crippen molar-refractivity contribution >= 4 is 12.4 Å². The summed E-state index contributed by atoms with van der Waals surface area (Å²) in [4.78, 5) is 2.36. The maximum atomic E-state index is 5.64. The minimum absolute atomic E-state index is 0. The lowest BCUT2D eigenvalue weighted by Crippen LogP contribution is -2.38. The molecule has 6 heteroatoms. The van der Waals surface area contributed by atoms with Crippen LogP contribution in [-0.2, 0) is 9.47 Å². The molecule has 0 radical (unpaired) electrons. The van der Waals surface area contributed by atoms with E-state index in [-0.39, 0.29) is 12.4 Å². The summed E-state index contributed by atoms with van der Waals surface area (Å²) in [5, 5.41) is 0. The van der Waals surface area contributed by atoms with Crippen LogP contribution in [0.2, 0.25) is 0 Å². The molecule has 0 bridgehead atoms. The van der Waals surface area contributed by atoms with Gasteiger partial charge in [0.25, 0.3) is 0 Å². The van der Waals surface area contributed by atoms with E-state index >= 15 is 0 Å². The van der Waals surface area contributed by atoms with Crippen molar-refractivity contribution in [2.45, 2.75) is 13.3 Å². The van der Waals surface area contributed by atoms with Gasteiger partial charge in [-0.15, -0.1) is 12.4 Å². The molecular formula is C17H28ClNO4. The molecule has 1 aliphatic rings. The van der Waals surface area contributed by atoms with E-state index in [9.17, 15) is 0 Å². The lowest BCUT2D eigenvalue weighted by atomic mass is 10.3. The standard InChI is InChI=1S/C17H27NO4.ClH/c1-2-10-21-16-3-5-17(6-4-16)22-15-14-20-13-9-18-7-11-19-12-8-18;/h3-6H,2,7-15H2,1H3;1H. The van der Waals surface area contributed by atoms with E-state index in [0.29, 0.717) is 13.2 Å². The van der Waals surface area contributed by atoms with Crippen LogP contribution in [0.25, 0.3) is 0 Å². The fourth-order valence-electron chi connectivity index (χ4n) is 2.19. The molecule has 0 saturated carbocycles. The van der Waals surface area contributed by atoms with E-state index in [1.165, 1.54) is 0 Å². The Labute approximate surface area is 145 Å². The molecule has 1 saturated heterocycles. The number of hydrogen-bond acceptors (Lipinski definition) is 5. The highest BCUT2D eigenvalue weighted by atomic mass is 35.5. The second-order valence-electron chi connectivity index (χ2n) is 5.23. The number of rotatable bonds is 10. The van der Waals surface area contributed by atoms with Crippen LogP contribution in [-0.4, -0.2) is 64.2 Å². The van der Waals surface area contributed by atoms with Gasteiger partial charge in [-0.1, -0.05) is 6.92 Å². The smallest absolute Gasteiger partial charge is 0.119 e. The third kappa shape index (κ3) is 8.42. The van der Waals surface area contributed by atoms with Crippen LogP contribution in [0, 0.1) is 0 Å². The van der Waals surface area contributed by atoms with E-state index in [2.05, 4.69) is 11.8 Å². The average molecular weight is 346 g/mol. The number of ether oxygens (including phenoxy) is 4. The number of nitrogens with zero attached hydrogens (tertiary/aromatic N) is 1. The highest BCUT2D eigenvalue weighted by molar-refractivity contribution is 5.85. The van der Waals surface area contributed by atoms with Gasteiger partial charge in [-0.25, -0.2) is 0 Å². The van der Waals surface area contributed by atoms with Crippen LogP contribution in [0.4, 0.5) is 0 Å². The molecule has 1 heterocycles. The first-order valence-electron chi connectivity index (χ1n) is 8.12. The summed E-state index contributed by atoms with van der Waals surface area (Å²) in [6.45, 7) is 9.41. The molecule has 5 nitrogen and oxygen atoms in total. The first-order valence-corrected chi connectivity index (χ1v) is 8.12. The molecule has 1 aromatic carbocycles. The van der Waals surface area contributed by atoms with Gasteiger partial charge in [-0.05, 0) is 30.7 Å². The van der Waals surface area contributed by atoms with E-state index in [1.807, 2.05) is 24.3 Å². The lowest BCUT2D eigenvalue weighted by Gasteiger charge is -2.26. The van der Waals surface area contributed by atoms with Crippen molar-refractivity contribution in [3.8, 4) is 11.5 Å². The topological polar surface area (TPSA) is 40.2 Å². The molecule has 0 spiro atoms. The Morgan fingerprint density at radius 3 is 2.13 bits per heavy atom. The van der Waals surface area contributed by atoms with Crippen molar-refractivity contribution in [3.05, 3.63) is 24.3 Å². The first-order chi connectivity index (χ1) is 10.9. The molecule has 0 atom stereocenters. The van der Waals surface area contributed by atoms with E-state index < -0.39 is 0 Å². The number of morpholine rings is 1. The Kier molecular flexibility index (Phi) is 10.8. The Balaban J connectivity index is 0.00000264. The summed E-state index contributed by atoms with van der Waals surface area (Å²) < 4.78 is 22.1. The van der Waals surface area contributed by atoms with Gasteiger partial charge in [-0.2, -0.15) is 0 Å². The van der Waals surface area contributed by atoms with Gasteiger partial charge in [0.05, 0.1) is 33.0 Å². The van der Waals surface area contributed by atoms with Gasteiger partial charge in [0.15, 0.2) is 0 Å². The maximum absolute atomic E-state index is 5.64. The molecule has 0 N–H and O–H groups in total. The maximum Gasteiger partial charge on any atom is 0.119 e. The van der Waals surface area contributed by atoms with Crippen LogP contribution >= 0.6 is 12.4 Å². The molecule has 2 rings (SSSR count). The fraction of sp³-hybridized carbons (Fsp3) is 0.647. The van der Waals surface area contributed by atoms with Crippen molar-refractivity contribution in [2.24, 2.45) is 0 Å². The van der Waals surface area contributed by atoms with Crippen molar-refractivity contribution in [3.63, 3.8) is 0 Å². The third-order valence-electron chi connectivity index (χ3n) is 3.45. The average Bonchev–Trinajstić information content (AvgIpc) is 2.58. The Hall–Kier alpha value is -1.01. The van der Waals surface area contributed by atoms with E-state index in [1.54, 1.807) is 0 Å². The van der Waals surface area contributed by atoms with Crippen LogP contribution in [0.1, 0.15) is 13.3 Å². The summed E-state index contributed by atoms with van der Waals surface area (Å²) in [5.74, 6) is 1.73. The summed E-state index contributed by atoms with van der Waals surface area (Å²) in [5.41, 5.74) is 0. The van der Waals surface area contributed by atoms with Crippen molar-refractivity contribution < 1.29 is 18.9 Å². The lowest BCUT2D eigenvalue weighted by molar-refractivity contribution is 0.0170. The molecule has 132 valence electrons. The largest absolute Gasteiger partial charge is 0.494 e. The monoisotopic (exact) mass is 345 g/mol. The van der Waals surface area contributed by atoms with Gasteiger partial charge in [0.2, 0.25) is 0 Å². The second kappa shape index (κ2) is 12.4. The molecule has 1 aromatic rings. The van der Waals surface area contributed by atoms with Crippen molar-refractivity contribution in [1.82, 2.24) is 4.90 Å². The summed E-state index contributed by atoms with van der Waals surface area (Å²) in [6.07, 6.45) is 1.01. The molecule has 0 unspecified atom stereocenters. The van der Waals surface area contributed by atoms with Crippen molar-refractivity contribution in [1.29, 1.82) is 0 Å². The van der Waals surface area contributed by atoms with Gasteiger partial charge in [0, 0.05) is 19.6 Å². The number of halogens is 1. The molecule has 23 heavy (non-hydrogen) atoms. The zero-order chi connectivity index (χ0) is 15.5. The quantitative estimate of drug-likeness (QED) is 0.610. The minimum atomic E-state index is 0. The van der Waals surface area contributed by atoms with Crippen LogP contribution < -0.4 is 9.47 Å². The second-order valence-corrected chi connectivity index (χ2v) is 5.23. The Bertz CT molecular complexity index is 396. The van der Waals surface area contributed by atoms with Crippen LogP contribution in [0.3, 0.4) is 0 Å².